The molecule has 0 spiro atoms. The van der Waals surface area contributed by atoms with Gasteiger partial charge >= 0.3 is 11.9 Å². The van der Waals surface area contributed by atoms with E-state index in [-0.39, 0.29) is 24.7 Å². The molecule has 0 N–H and O–H groups in total. The van der Waals surface area contributed by atoms with Gasteiger partial charge in [-0.3, -0.25) is 4.79 Å². The molecule has 1 aliphatic rings. The Balaban J connectivity index is 1.86. The first-order valence-electron chi connectivity index (χ1n) is 10.3. The molecule has 1 fully saturated rings. The second-order valence-corrected chi connectivity index (χ2v) is 7.09. The summed E-state index contributed by atoms with van der Waals surface area (Å²) in [6.45, 7) is 7.12. The Morgan fingerprint density at radius 3 is 2.00 bits per heavy atom. The molecule has 0 radical (unpaired) electrons. The molecule has 1 atom stereocenters. The van der Waals surface area contributed by atoms with Crippen LogP contribution in [0.1, 0.15) is 84.0 Å². The van der Waals surface area contributed by atoms with Crippen molar-refractivity contribution >= 4 is 11.9 Å². The van der Waals surface area contributed by atoms with Crippen molar-refractivity contribution in [1.82, 2.24) is 0 Å². The lowest BCUT2D eigenvalue weighted by Gasteiger charge is -2.07. The van der Waals surface area contributed by atoms with Crippen molar-refractivity contribution in [3.8, 4) is 0 Å². The SMILES string of the molecule is C=C(CC(=O)OCC1CO1)C(=O)OCCCCCCCCCCCCC. The highest BCUT2D eigenvalue weighted by Crippen LogP contribution is 2.12. The van der Waals surface area contributed by atoms with Gasteiger partial charge in [0.05, 0.1) is 19.6 Å². The Bertz CT molecular complexity index is 415. The summed E-state index contributed by atoms with van der Waals surface area (Å²) in [7, 11) is 0. The highest BCUT2D eigenvalue weighted by Gasteiger charge is 2.24. The van der Waals surface area contributed by atoms with Gasteiger partial charge in [0.15, 0.2) is 0 Å². The summed E-state index contributed by atoms with van der Waals surface area (Å²) in [6.07, 6.45) is 13.7. The molecular formula is C21H36O5. The third-order valence-electron chi connectivity index (χ3n) is 4.46. The molecule has 1 rings (SSSR count). The molecule has 1 aliphatic heterocycles. The molecule has 1 heterocycles. The van der Waals surface area contributed by atoms with E-state index < -0.39 is 11.9 Å². The maximum atomic E-state index is 11.8. The van der Waals surface area contributed by atoms with Gasteiger partial charge in [0, 0.05) is 5.57 Å². The van der Waals surface area contributed by atoms with Gasteiger partial charge in [0.2, 0.25) is 0 Å². The summed E-state index contributed by atoms with van der Waals surface area (Å²) in [5.74, 6) is -0.964. The highest BCUT2D eigenvalue weighted by molar-refractivity contribution is 5.93. The third-order valence-corrected chi connectivity index (χ3v) is 4.46. The minimum Gasteiger partial charge on any atom is -0.463 e. The normalized spacial score (nSPS) is 15.5. The number of hydrogen-bond acceptors (Lipinski definition) is 5. The van der Waals surface area contributed by atoms with Crippen LogP contribution in [0.25, 0.3) is 0 Å². The molecule has 0 amide bonds. The van der Waals surface area contributed by atoms with E-state index in [9.17, 15) is 9.59 Å². The Kier molecular flexibility index (Phi) is 12.9. The van der Waals surface area contributed by atoms with Gasteiger partial charge in [-0.2, -0.15) is 0 Å². The number of esters is 2. The summed E-state index contributed by atoms with van der Waals surface area (Å²) >= 11 is 0. The van der Waals surface area contributed by atoms with Crippen LogP contribution < -0.4 is 0 Å². The largest absolute Gasteiger partial charge is 0.463 e. The highest BCUT2D eigenvalue weighted by atomic mass is 16.6. The van der Waals surface area contributed by atoms with Crippen LogP contribution in [0.4, 0.5) is 0 Å². The lowest BCUT2D eigenvalue weighted by Crippen LogP contribution is -2.15. The van der Waals surface area contributed by atoms with Crippen molar-refractivity contribution in [2.75, 3.05) is 19.8 Å². The van der Waals surface area contributed by atoms with Crippen LogP contribution in [-0.4, -0.2) is 37.9 Å². The standard InChI is InChI=1S/C21H36O5/c1-3-4-5-6-7-8-9-10-11-12-13-14-24-21(23)18(2)15-20(22)26-17-19-16-25-19/h19H,2-17H2,1H3. The van der Waals surface area contributed by atoms with Crippen LogP contribution in [0.5, 0.6) is 0 Å². The zero-order valence-electron chi connectivity index (χ0n) is 16.4. The van der Waals surface area contributed by atoms with Crippen molar-refractivity contribution in [3.05, 3.63) is 12.2 Å². The average Bonchev–Trinajstić information content (AvgIpc) is 3.45. The molecule has 0 bridgehead atoms. The Morgan fingerprint density at radius 2 is 1.46 bits per heavy atom. The fourth-order valence-corrected chi connectivity index (χ4v) is 2.68. The molecule has 1 unspecified atom stereocenters. The van der Waals surface area contributed by atoms with E-state index in [0.29, 0.717) is 13.2 Å². The summed E-state index contributed by atoms with van der Waals surface area (Å²) in [5, 5.41) is 0. The minimum absolute atomic E-state index is 0.0280. The average molecular weight is 369 g/mol. The van der Waals surface area contributed by atoms with Crippen molar-refractivity contribution in [1.29, 1.82) is 0 Å². The van der Waals surface area contributed by atoms with Crippen molar-refractivity contribution < 1.29 is 23.8 Å². The predicted octanol–water partition coefficient (Wildman–Crippen LogP) is 4.73. The van der Waals surface area contributed by atoms with Gasteiger partial charge < -0.3 is 14.2 Å². The predicted molar refractivity (Wildman–Crippen MR) is 102 cm³/mol. The van der Waals surface area contributed by atoms with E-state index in [1.165, 1.54) is 57.8 Å². The molecule has 26 heavy (non-hydrogen) atoms. The third kappa shape index (κ3) is 12.9. The second-order valence-electron chi connectivity index (χ2n) is 7.09. The van der Waals surface area contributed by atoms with Gasteiger partial charge in [0.25, 0.3) is 0 Å². The molecule has 150 valence electrons. The lowest BCUT2D eigenvalue weighted by molar-refractivity contribution is -0.146. The number of carbonyl (C=O) groups excluding carboxylic acids is 2. The number of epoxide rings is 1. The summed E-state index contributed by atoms with van der Waals surface area (Å²) in [4.78, 5) is 23.3. The monoisotopic (exact) mass is 368 g/mol. The molecule has 0 saturated carbocycles. The Labute approximate surface area is 158 Å². The van der Waals surface area contributed by atoms with Crippen molar-refractivity contribution in [2.45, 2.75) is 90.1 Å². The van der Waals surface area contributed by atoms with Crippen molar-refractivity contribution in [2.24, 2.45) is 0 Å². The Morgan fingerprint density at radius 1 is 0.923 bits per heavy atom. The maximum absolute atomic E-state index is 11.8. The molecule has 5 heteroatoms. The first-order valence-corrected chi connectivity index (χ1v) is 10.3. The first-order chi connectivity index (χ1) is 12.6. The molecule has 0 aliphatic carbocycles. The molecule has 5 nitrogen and oxygen atoms in total. The molecule has 1 saturated heterocycles. The van der Waals surface area contributed by atoms with E-state index in [4.69, 9.17) is 14.2 Å². The zero-order valence-corrected chi connectivity index (χ0v) is 16.4. The molecule has 0 aromatic rings. The second kappa shape index (κ2) is 14.8. The fraction of sp³-hybridized carbons (Fsp3) is 0.810. The molecular weight excluding hydrogens is 332 g/mol. The quantitative estimate of drug-likeness (QED) is 0.161. The van der Waals surface area contributed by atoms with Gasteiger partial charge in [-0.15, -0.1) is 0 Å². The fourth-order valence-electron chi connectivity index (χ4n) is 2.68. The minimum atomic E-state index is -0.503. The van der Waals surface area contributed by atoms with Crippen LogP contribution in [0.2, 0.25) is 0 Å². The van der Waals surface area contributed by atoms with E-state index in [1.54, 1.807) is 0 Å². The summed E-state index contributed by atoms with van der Waals surface area (Å²) in [5.41, 5.74) is 0.148. The van der Waals surface area contributed by atoms with Gasteiger partial charge in [-0.25, -0.2) is 4.79 Å². The van der Waals surface area contributed by atoms with Crippen LogP contribution in [-0.2, 0) is 23.8 Å². The van der Waals surface area contributed by atoms with Gasteiger partial charge in [-0.05, 0) is 6.42 Å². The Hall–Kier alpha value is -1.36. The number of hydrogen-bond donors (Lipinski definition) is 0. The lowest BCUT2D eigenvalue weighted by atomic mass is 10.1. The number of rotatable bonds is 17. The van der Waals surface area contributed by atoms with Crippen molar-refractivity contribution in [3.63, 3.8) is 0 Å². The smallest absolute Gasteiger partial charge is 0.333 e. The first kappa shape index (κ1) is 22.7. The molecule has 0 aromatic carbocycles. The van der Waals surface area contributed by atoms with Crippen LogP contribution in [0, 0.1) is 0 Å². The van der Waals surface area contributed by atoms with E-state index in [0.717, 1.165) is 12.8 Å². The van der Waals surface area contributed by atoms with E-state index in [1.807, 2.05) is 0 Å². The number of ether oxygens (including phenoxy) is 3. The van der Waals surface area contributed by atoms with Crippen LogP contribution in [0.15, 0.2) is 12.2 Å². The van der Waals surface area contributed by atoms with Gasteiger partial charge in [-0.1, -0.05) is 77.7 Å². The number of carbonyl (C=O) groups is 2. The maximum Gasteiger partial charge on any atom is 0.333 e. The molecule has 0 aromatic heterocycles. The van der Waals surface area contributed by atoms with Gasteiger partial charge in [0.1, 0.15) is 12.7 Å². The van der Waals surface area contributed by atoms with E-state index in [2.05, 4.69) is 13.5 Å². The summed E-state index contributed by atoms with van der Waals surface area (Å²) in [6, 6.07) is 0. The van der Waals surface area contributed by atoms with Crippen LogP contribution >= 0.6 is 0 Å². The van der Waals surface area contributed by atoms with E-state index >= 15 is 0 Å². The zero-order chi connectivity index (χ0) is 19.0. The summed E-state index contributed by atoms with van der Waals surface area (Å²) < 4.78 is 15.1. The van der Waals surface area contributed by atoms with Crippen LogP contribution in [0.3, 0.4) is 0 Å². The topological polar surface area (TPSA) is 65.1 Å². The number of unbranched alkanes of at least 4 members (excludes halogenated alkanes) is 10.